The molecule has 0 atom stereocenters. The molecule has 0 N–H and O–H groups in total. The van der Waals surface area contributed by atoms with E-state index in [4.69, 9.17) is 4.84 Å². The highest BCUT2D eigenvalue weighted by Gasteiger charge is 2.13. The van der Waals surface area contributed by atoms with E-state index in [-0.39, 0.29) is 11.7 Å². The monoisotopic (exact) mass is 252 g/mol. The molecule has 0 aromatic heterocycles. The van der Waals surface area contributed by atoms with Gasteiger partial charge in [-0.1, -0.05) is 35.8 Å². The Morgan fingerprint density at radius 2 is 1.78 bits per heavy atom. The van der Waals surface area contributed by atoms with E-state index in [1.54, 1.807) is 12.1 Å². The van der Waals surface area contributed by atoms with Crippen molar-refractivity contribution in [2.24, 2.45) is 5.16 Å². The minimum Gasteiger partial charge on any atom is -0.392 e. The zero-order valence-corrected chi connectivity index (χ0v) is 10.1. The summed E-state index contributed by atoms with van der Waals surface area (Å²) in [5.74, 6) is 0. The van der Waals surface area contributed by atoms with Crippen molar-refractivity contribution in [1.29, 1.82) is 0 Å². The fourth-order valence-corrected chi connectivity index (χ4v) is 2.03. The van der Waals surface area contributed by atoms with Gasteiger partial charge in [0.2, 0.25) is 0 Å². The fraction of sp³-hybridized carbons (Fsp3) is 0.500. The van der Waals surface area contributed by atoms with Crippen LogP contribution in [0.3, 0.4) is 0 Å². The summed E-state index contributed by atoms with van der Waals surface area (Å²) in [5.41, 5.74) is 0.656. The number of alkyl halides is 2. The minimum atomic E-state index is -2.44. The largest absolute Gasteiger partial charge is 0.392 e. The van der Waals surface area contributed by atoms with Gasteiger partial charge in [0, 0.05) is 11.1 Å². The molecule has 2 rings (SSSR count). The zero-order valence-electron chi connectivity index (χ0n) is 10.1. The summed E-state index contributed by atoms with van der Waals surface area (Å²) in [4.78, 5) is 5.33. The molecule has 97 valence electrons. The first-order chi connectivity index (χ1) is 8.75. The lowest BCUT2D eigenvalue weighted by atomic mass is 9.98. The molecule has 4 heteroatoms. The molecule has 0 bridgehead atoms. The Balaban J connectivity index is 1.84. The summed E-state index contributed by atoms with van der Waals surface area (Å²) in [7, 11) is 0. The molecule has 1 aliphatic rings. The van der Waals surface area contributed by atoms with Crippen molar-refractivity contribution in [1.82, 2.24) is 0 Å². The number of benzene rings is 1. The van der Waals surface area contributed by atoms with E-state index in [9.17, 15) is 8.78 Å². The molecule has 1 aromatic carbocycles. The Hall–Kier alpha value is -1.45. The van der Waals surface area contributed by atoms with Crippen molar-refractivity contribution in [2.75, 3.05) is 0 Å². The van der Waals surface area contributed by atoms with Gasteiger partial charge in [-0.3, -0.25) is 0 Å². The SMILES string of the molecule is FC(F)c1ccc(/[C]=N/OC2CCCCC2)cc1. The maximum atomic E-state index is 12.3. The second kappa shape index (κ2) is 6.47. The van der Waals surface area contributed by atoms with Gasteiger partial charge in [0.25, 0.3) is 6.43 Å². The Labute approximate surface area is 106 Å². The van der Waals surface area contributed by atoms with Crippen LogP contribution in [0.1, 0.15) is 49.7 Å². The predicted octanol–water partition coefficient (Wildman–Crippen LogP) is 4.18. The molecular formula is C14H16F2NO. The molecule has 1 fully saturated rings. The third kappa shape index (κ3) is 3.79. The maximum Gasteiger partial charge on any atom is 0.263 e. The summed E-state index contributed by atoms with van der Waals surface area (Å²) in [6.07, 6.45) is 6.18. The van der Waals surface area contributed by atoms with E-state index in [1.807, 2.05) is 0 Å². The second-order valence-electron chi connectivity index (χ2n) is 4.49. The smallest absolute Gasteiger partial charge is 0.263 e. The Morgan fingerprint density at radius 1 is 1.11 bits per heavy atom. The molecule has 1 aromatic rings. The van der Waals surface area contributed by atoms with E-state index in [0.717, 1.165) is 12.8 Å². The third-order valence-corrected chi connectivity index (χ3v) is 3.09. The molecule has 0 heterocycles. The van der Waals surface area contributed by atoms with Crippen LogP contribution in [0, 0.1) is 0 Å². The molecule has 0 aliphatic heterocycles. The highest BCUT2D eigenvalue weighted by Crippen LogP contribution is 2.20. The van der Waals surface area contributed by atoms with Crippen LogP contribution in [0.2, 0.25) is 0 Å². The predicted molar refractivity (Wildman–Crippen MR) is 65.9 cm³/mol. The van der Waals surface area contributed by atoms with Gasteiger partial charge < -0.3 is 4.84 Å². The highest BCUT2D eigenvalue weighted by molar-refractivity contribution is 5.79. The molecule has 1 saturated carbocycles. The number of nitrogens with zero attached hydrogens (tertiary/aromatic N) is 1. The van der Waals surface area contributed by atoms with Gasteiger partial charge in [0.05, 0.1) is 0 Å². The average Bonchev–Trinajstić information content (AvgIpc) is 2.40. The molecule has 0 amide bonds. The normalized spacial score (nSPS) is 17.5. The van der Waals surface area contributed by atoms with Crippen LogP contribution in [0.15, 0.2) is 29.4 Å². The van der Waals surface area contributed by atoms with E-state index in [0.29, 0.717) is 5.56 Å². The average molecular weight is 252 g/mol. The van der Waals surface area contributed by atoms with Gasteiger partial charge in [0.1, 0.15) is 12.3 Å². The van der Waals surface area contributed by atoms with E-state index in [2.05, 4.69) is 11.4 Å². The standard InChI is InChI=1S/C14H16F2NO/c15-14(16)12-8-6-11(7-9-12)10-17-18-13-4-2-1-3-5-13/h6-9,13-14H,1-5H2. The van der Waals surface area contributed by atoms with Gasteiger partial charge in [-0.25, -0.2) is 8.78 Å². The molecular weight excluding hydrogens is 236 g/mol. The third-order valence-electron chi connectivity index (χ3n) is 3.09. The van der Waals surface area contributed by atoms with Crippen molar-refractivity contribution in [3.63, 3.8) is 0 Å². The quantitative estimate of drug-likeness (QED) is 0.581. The summed E-state index contributed by atoms with van der Waals surface area (Å²) in [5, 5.41) is 3.80. The first kappa shape index (κ1) is 13.0. The van der Waals surface area contributed by atoms with E-state index < -0.39 is 6.43 Å². The summed E-state index contributed by atoms with van der Waals surface area (Å²) >= 11 is 0. The van der Waals surface area contributed by atoms with Crippen LogP contribution in [-0.2, 0) is 4.84 Å². The summed E-state index contributed by atoms with van der Waals surface area (Å²) < 4.78 is 24.7. The zero-order chi connectivity index (χ0) is 12.8. The Kier molecular flexibility index (Phi) is 4.67. The van der Waals surface area contributed by atoms with Gasteiger partial charge in [-0.05, 0) is 25.7 Å². The molecule has 2 nitrogen and oxygen atoms in total. The van der Waals surface area contributed by atoms with Crippen LogP contribution in [0.5, 0.6) is 0 Å². The van der Waals surface area contributed by atoms with Gasteiger partial charge in [-0.2, -0.15) is 0 Å². The van der Waals surface area contributed by atoms with Gasteiger partial charge in [0.15, 0.2) is 0 Å². The first-order valence-corrected chi connectivity index (χ1v) is 6.25. The molecule has 18 heavy (non-hydrogen) atoms. The van der Waals surface area contributed by atoms with Crippen molar-refractivity contribution in [3.05, 3.63) is 35.4 Å². The minimum absolute atomic E-state index is 0.00810. The Morgan fingerprint density at radius 3 is 2.39 bits per heavy atom. The van der Waals surface area contributed by atoms with Crippen molar-refractivity contribution < 1.29 is 13.6 Å². The van der Waals surface area contributed by atoms with Crippen LogP contribution in [-0.4, -0.2) is 12.3 Å². The number of halogens is 2. The van der Waals surface area contributed by atoms with Crippen LogP contribution >= 0.6 is 0 Å². The number of rotatable bonds is 4. The lowest BCUT2D eigenvalue weighted by Crippen LogP contribution is -2.13. The lowest BCUT2D eigenvalue weighted by molar-refractivity contribution is 0.0340. The van der Waals surface area contributed by atoms with Crippen molar-refractivity contribution >= 4 is 6.21 Å². The molecule has 1 aliphatic carbocycles. The first-order valence-electron chi connectivity index (χ1n) is 6.25. The number of hydrogen-bond donors (Lipinski definition) is 0. The van der Waals surface area contributed by atoms with Crippen molar-refractivity contribution in [2.45, 2.75) is 44.6 Å². The van der Waals surface area contributed by atoms with Crippen LogP contribution < -0.4 is 0 Å². The molecule has 1 radical (unpaired) electrons. The highest BCUT2D eigenvalue weighted by atomic mass is 19.3. The molecule has 0 spiro atoms. The summed E-state index contributed by atoms with van der Waals surface area (Å²) in [6.45, 7) is 0. The lowest BCUT2D eigenvalue weighted by Gasteiger charge is -2.18. The number of hydrogen-bond acceptors (Lipinski definition) is 2. The topological polar surface area (TPSA) is 21.6 Å². The van der Waals surface area contributed by atoms with Gasteiger partial charge in [-0.15, -0.1) is 0 Å². The second-order valence-corrected chi connectivity index (χ2v) is 4.49. The van der Waals surface area contributed by atoms with E-state index in [1.165, 1.54) is 31.4 Å². The van der Waals surface area contributed by atoms with Crippen molar-refractivity contribution in [3.8, 4) is 0 Å². The fourth-order valence-electron chi connectivity index (χ4n) is 2.03. The van der Waals surface area contributed by atoms with Gasteiger partial charge >= 0.3 is 0 Å². The Bertz CT molecular complexity index is 383. The van der Waals surface area contributed by atoms with E-state index >= 15 is 0 Å². The molecule has 0 saturated heterocycles. The summed E-state index contributed by atoms with van der Waals surface area (Å²) in [6, 6.07) is 5.89. The maximum absolute atomic E-state index is 12.3. The van der Waals surface area contributed by atoms with Crippen LogP contribution in [0.25, 0.3) is 0 Å². The van der Waals surface area contributed by atoms with Crippen LogP contribution in [0.4, 0.5) is 8.78 Å². The molecule has 0 unspecified atom stereocenters.